The molecule has 0 bridgehead atoms. The lowest BCUT2D eigenvalue weighted by molar-refractivity contribution is -0.119. The zero-order valence-corrected chi connectivity index (χ0v) is 62.8. The summed E-state index contributed by atoms with van der Waals surface area (Å²) in [5.41, 5.74) is -0.394. The lowest BCUT2D eigenvalue weighted by atomic mass is 9.89. The summed E-state index contributed by atoms with van der Waals surface area (Å²) in [5, 5.41) is 3.34. The van der Waals surface area contributed by atoms with Gasteiger partial charge in [-0.2, -0.15) is 0 Å². The Hall–Kier alpha value is -4.06. The number of rotatable bonds is 18. The van der Waals surface area contributed by atoms with Crippen LogP contribution in [0, 0.1) is 32.5 Å². The first kappa shape index (κ1) is 87.0. The van der Waals surface area contributed by atoms with Crippen molar-refractivity contribution in [3.05, 3.63) is 71.9 Å². The van der Waals surface area contributed by atoms with E-state index in [0.29, 0.717) is 24.9 Å². The molecule has 93 heavy (non-hydrogen) atoms. The van der Waals surface area contributed by atoms with Crippen molar-refractivity contribution in [2.75, 3.05) is 74.5 Å². The van der Waals surface area contributed by atoms with Crippen LogP contribution in [0.2, 0.25) is 0 Å². The van der Waals surface area contributed by atoms with Crippen LogP contribution >= 0.6 is 0 Å². The molecule has 0 radical (unpaired) electrons. The van der Waals surface area contributed by atoms with E-state index in [1.807, 2.05) is 117 Å². The lowest BCUT2D eigenvalue weighted by Gasteiger charge is -2.18. The minimum Gasteiger partial charge on any atom is -0.311 e. The number of carbonyl (C=O) groups is 6. The minimum atomic E-state index is -0.561. The van der Waals surface area contributed by atoms with E-state index in [1.165, 1.54) is 50.0 Å². The van der Waals surface area contributed by atoms with E-state index in [4.69, 9.17) is 0 Å². The quantitative estimate of drug-likeness (QED) is 0.104. The summed E-state index contributed by atoms with van der Waals surface area (Å²) >= 11 is 0. The Balaban J connectivity index is 0.000000558. The minimum absolute atomic E-state index is 0.100. The number of nitrogens with zero attached hydrogens (tertiary/aromatic N) is 5. The van der Waals surface area contributed by atoms with Crippen LogP contribution in [0.4, 0.5) is 17.6 Å². The fourth-order valence-corrected chi connectivity index (χ4v) is 11.6. The van der Waals surface area contributed by atoms with Crippen molar-refractivity contribution >= 4 is 34.7 Å². The van der Waals surface area contributed by atoms with Crippen LogP contribution in [0.3, 0.4) is 0 Å². The van der Waals surface area contributed by atoms with Gasteiger partial charge in [0.25, 0.3) is 0 Å². The molecule has 6 aliphatic rings. The molecule has 0 aromatic rings. The average molecular weight is 1310 g/mol. The number of carbonyl (C=O) groups excluding carboxylic acids is 6. The molecular weight excluding hydrogens is 1180 g/mol. The second kappa shape index (κ2) is 40.6. The molecule has 0 spiro atoms. The molecule has 6 rings (SSSR count). The van der Waals surface area contributed by atoms with Crippen LogP contribution in [0.25, 0.3) is 0 Å². The van der Waals surface area contributed by atoms with Gasteiger partial charge >= 0.3 is 0 Å². The second-order valence-electron chi connectivity index (χ2n) is 34.5. The van der Waals surface area contributed by atoms with Gasteiger partial charge in [-0.05, 0) is 221 Å². The van der Waals surface area contributed by atoms with Crippen molar-refractivity contribution in [1.29, 1.82) is 0 Å². The standard InChI is InChI=1S/4C13H22FNO.C13H23NO.C12H21NO/c4*1-13(2,3)9-12(16)11(14)8-10-6-5-7-15(10)4;1-13(2,3)10-12(15)8-7-11-6-5-9-14(11)4;1-12(2,3)9-11(14)7-6-10-5-4-8-13-10/h4*8,10H,5-7,9H2,1-4H3;7-8,11H,5-6,9-10H2,1-4H3;6-7,10,13H,4-5,8-9H2,1-3H3/b2*11-8+;2*11-8-;8-7+;7-6+/t10-;;2*10-;11-;10-/m0.1011/s1. The highest BCUT2D eigenvalue weighted by Gasteiger charge is 2.29. The Morgan fingerprint density at radius 3 is 0.753 bits per heavy atom. The fraction of sp³-hybridized carbons (Fsp3) is 0.766. The van der Waals surface area contributed by atoms with Gasteiger partial charge in [-0.3, -0.25) is 53.3 Å². The predicted octanol–water partition coefficient (Wildman–Crippen LogP) is 16.7. The fourth-order valence-electron chi connectivity index (χ4n) is 11.6. The summed E-state index contributed by atoms with van der Waals surface area (Å²) in [7, 11) is 9.99. The van der Waals surface area contributed by atoms with Gasteiger partial charge in [0.05, 0.1) is 0 Å². The number of allylic oxidation sites excluding steroid dienone is 6. The number of hydrogen-bond acceptors (Lipinski definition) is 12. The van der Waals surface area contributed by atoms with Crippen LogP contribution in [0.5, 0.6) is 0 Å². The van der Waals surface area contributed by atoms with Crippen LogP contribution in [0.1, 0.15) is 240 Å². The SMILES string of the molecule is CC(C)(C)CC(=O)/C=C/[C@H]1CCCN1.CN1CCCC1/C=C(/F)C(=O)CC(C)(C)C.CN1CCC[C@@H]1/C=C(\F)C(=O)CC(C)(C)C.CN1CCC[C@@H]1/C=C/C(=O)CC(C)(C)C.CN1CCC[C@H]1/C=C(/F)C(=O)CC(C)(C)C.CN1CCC[C@H]1/C=C(\F)C(=O)CC(C)(C)C. The van der Waals surface area contributed by atoms with Gasteiger partial charge in [0.15, 0.2) is 58.0 Å². The highest BCUT2D eigenvalue weighted by atomic mass is 19.1. The highest BCUT2D eigenvalue weighted by Crippen LogP contribution is 2.29. The molecule has 1 unspecified atom stereocenters. The van der Waals surface area contributed by atoms with Gasteiger partial charge in [-0.25, -0.2) is 17.6 Å². The normalized spacial score (nSPS) is 23.7. The number of nitrogens with one attached hydrogen (secondary N) is 1. The molecule has 1 N–H and O–H groups in total. The van der Waals surface area contributed by atoms with E-state index in [1.54, 1.807) is 12.2 Å². The third-order valence-electron chi connectivity index (χ3n) is 16.6. The Labute approximate surface area is 563 Å². The third-order valence-corrected chi connectivity index (χ3v) is 16.6. The van der Waals surface area contributed by atoms with Crippen molar-refractivity contribution in [3.8, 4) is 0 Å². The maximum Gasteiger partial charge on any atom is 0.191 e. The molecule has 12 nitrogen and oxygen atoms in total. The van der Waals surface area contributed by atoms with Crippen LogP contribution < -0.4 is 5.32 Å². The van der Waals surface area contributed by atoms with E-state index < -0.39 is 23.3 Å². The molecule has 0 aromatic heterocycles. The van der Waals surface area contributed by atoms with Crippen LogP contribution in [-0.2, 0) is 28.8 Å². The van der Waals surface area contributed by atoms with Crippen molar-refractivity contribution in [2.24, 2.45) is 32.5 Å². The summed E-state index contributed by atoms with van der Waals surface area (Å²) < 4.78 is 54.5. The second-order valence-corrected chi connectivity index (χ2v) is 34.5. The zero-order chi connectivity index (χ0) is 71.5. The largest absolute Gasteiger partial charge is 0.311 e. The first-order chi connectivity index (χ1) is 42.5. The number of Topliss-reactive ketones (excluding diaryl/α,β-unsaturated/α-hetero) is 4. The molecule has 6 atom stereocenters. The average Bonchev–Trinajstić information content (AvgIpc) is 2.05. The molecule has 6 aliphatic heterocycles. The van der Waals surface area contributed by atoms with Crippen molar-refractivity contribution < 1.29 is 46.3 Å². The number of ketones is 6. The first-order valence-corrected chi connectivity index (χ1v) is 34.8. The van der Waals surface area contributed by atoms with Gasteiger partial charge in [-0.15, -0.1) is 0 Å². The zero-order valence-electron chi connectivity index (χ0n) is 62.8. The number of likely N-dealkylation sites (tertiary alicyclic amines) is 5. The van der Waals surface area contributed by atoms with Crippen LogP contribution in [-0.4, -0.2) is 170 Å². The monoisotopic (exact) mass is 1310 g/mol. The maximum absolute atomic E-state index is 13.6. The number of halogens is 4. The van der Waals surface area contributed by atoms with Crippen molar-refractivity contribution in [3.63, 3.8) is 0 Å². The van der Waals surface area contributed by atoms with E-state index in [0.717, 1.165) is 90.6 Å². The number of likely N-dealkylation sites (N-methyl/N-ethyl adjacent to an activating group) is 5. The smallest absolute Gasteiger partial charge is 0.191 e. The molecule has 16 heteroatoms. The van der Waals surface area contributed by atoms with E-state index in [9.17, 15) is 46.3 Å². The molecule has 0 aromatic carbocycles. The summed E-state index contributed by atoms with van der Waals surface area (Å²) in [6.45, 7) is 42.1. The van der Waals surface area contributed by atoms with E-state index in [-0.39, 0.29) is 117 Å². The topological polar surface area (TPSA) is 131 Å². The Morgan fingerprint density at radius 2 is 0.559 bits per heavy atom. The molecule has 534 valence electrons. The highest BCUT2D eigenvalue weighted by molar-refractivity contribution is 5.95. The van der Waals surface area contributed by atoms with Crippen LogP contribution in [0.15, 0.2) is 71.9 Å². The van der Waals surface area contributed by atoms with Gasteiger partial charge in [0, 0.05) is 74.8 Å². The van der Waals surface area contributed by atoms with Crippen molar-refractivity contribution in [2.45, 2.75) is 276 Å². The summed E-state index contributed by atoms with van der Waals surface area (Å²) in [5.74, 6) is -3.22. The molecule has 0 saturated carbocycles. The summed E-state index contributed by atoms with van der Waals surface area (Å²) in [6.07, 6.45) is 28.9. The molecule has 6 heterocycles. The van der Waals surface area contributed by atoms with Crippen molar-refractivity contribution in [1.82, 2.24) is 29.8 Å². The number of hydrogen-bond donors (Lipinski definition) is 1. The van der Waals surface area contributed by atoms with Gasteiger partial charge < -0.3 is 5.32 Å². The first-order valence-electron chi connectivity index (χ1n) is 34.8. The Kier molecular flexibility index (Phi) is 38.0. The molecule has 0 aliphatic carbocycles. The Morgan fingerprint density at radius 1 is 0.333 bits per heavy atom. The molecule has 0 amide bonds. The predicted molar refractivity (Wildman–Crippen MR) is 379 cm³/mol. The van der Waals surface area contributed by atoms with E-state index >= 15 is 0 Å². The molecule has 6 saturated heterocycles. The molecular formula is C77H132F4N6O6. The third kappa shape index (κ3) is 41.6. The van der Waals surface area contributed by atoms with E-state index in [2.05, 4.69) is 84.5 Å². The van der Waals surface area contributed by atoms with Gasteiger partial charge in [-0.1, -0.05) is 137 Å². The molecule has 6 fully saturated rings. The summed E-state index contributed by atoms with van der Waals surface area (Å²) in [6, 6.07) is 1.31. The van der Waals surface area contributed by atoms with Gasteiger partial charge in [0.2, 0.25) is 0 Å². The van der Waals surface area contributed by atoms with Gasteiger partial charge in [0.1, 0.15) is 0 Å². The summed E-state index contributed by atoms with van der Waals surface area (Å²) in [4.78, 5) is 80.1. The Bertz CT molecular complexity index is 2280. The lowest BCUT2D eigenvalue weighted by Crippen LogP contribution is -2.23. The maximum atomic E-state index is 13.6.